The third-order valence-electron chi connectivity index (χ3n) is 2.86. The van der Waals surface area contributed by atoms with Gasteiger partial charge < -0.3 is 5.11 Å². The number of carbonyl (C=O) groups is 1. The van der Waals surface area contributed by atoms with Crippen molar-refractivity contribution in [3.05, 3.63) is 58.1 Å². The van der Waals surface area contributed by atoms with Crippen LogP contribution in [0.3, 0.4) is 0 Å². The lowest BCUT2D eigenvalue weighted by molar-refractivity contribution is 0.0698. The highest BCUT2D eigenvalue weighted by atomic mass is 79.9. The van der Waals surface area contributed by atoms with E-state index in [-0.39, 0.29) is 16.1 Å². The summed E-state index contributed by atoms with van der Waals surface area (Å²) in [5.41, 5.74) is 0.527. The summed E-state index contributed by atoms with van der Waals surface area (Å²) >= 11 is 3.23. The lowest BCUT2D eigenvalue weighted by Gasteiger charge is -2.13. The molecule has 110 valence electrons. The third-order valence-corrected chi connectivity index (χ3v) is 4.76. The number of halogens is 1. The van der Waals surface area contributed by atoms with Gasteiger partial charge in [0.15, 0.2) is 0 Å². The van der Waals surface area contributed by atoms with Gasteiger partial charge in [0.2, 0.25) is 0 Å². The van der Waals surface area contributed by atoms with Gasteiger partial charge in [-0.25, -0.2) is 13.2 Å². The van der Waals surface area contributed by atoms with E-state index in [1.807, 2.05) is 0 Å². The van der Waals surface area contributed by atoms with Gasteiger partial charge in [-0.1, -0.05) is 28.1 Å². The lowest BCUT2D eigenvalue weighted by Crippen LogP contribution is -2.16. The Morgan fingerprint density at radius 2 is 1.76 bits per heavy atom. The van der Waals surface area contributed by atoms with Crippen LogP contribution < -0.4 is 4.72 Å². The standard InChI is InChI=1S/C14H12BrNO4S/c1-9-3-2-4-12(14(17)18)13(9)16-21(19,20)11-7-5-10(15)6-8-11/h2-8,16H,1H3,(H,17,18). The van der Waals surface area contributed by atoms with E-state index in [0.29, 0.717) is 5.56 Å². The van der Waals surface area contributed by atoms with Crippen molar-refractivity contribution in [1.29, 1.82) is 0 Å². The average molecular weight is 370 g/mol. The van der Waals surface area contributed by atoms with Gasteiger partial charge in [-0.05, 0) is 42.8 Å². The number of aromatic carboxylic acids is 1. The van der Waals surface area contributed by atoms with Crippen LogP contribution in [0, 0.1) is 6.92 Å². The molecule has 0 aromatic heterocycles. The molecule has 2 rings (SSSR count). The predicted octanol–water partition coefficient (Wildman–Crippen LogP) is 3.26. The zero-order valence-corrected chi connectivity index (χ0v) is 13.4. The molecule has 0 saturated carbocycles. The Hall–Kier alpha value is -1.86. The highest BCUT2D eigenvalue weighted by Crippen LogP contribution is 2.24. The second-order valence-electron chi connectivity index (χ2n) is 4.36. The molecule has 0 radical (unpaired) electrons. The van der Waals surface area contributed by atoms with Gasteiger partial charge in [0.05, 0.1) is 16.1 Å². The number of para-hydroxylation sites is 1. The fourth-order valence-corrected chi connectivity index (χ4v) is 3.20. The number of hydrogen-bond donors (Lipinski definition) is 2. The van der Waals surface area contributed by atoms with Crippen molar-refractivity contribution < 1.29 is 18.3 Å². The van der Waals surface area contributed by atoms with Crippen LogP contribution in [-0.4, -0.2) is 19.5 Å². The molecule has 0 saturated heterocycles. The topological polar surface area (TPSA) is 83.5 Å². The van der Waals surface area contributed by atoms with E-state index in [1.165, 1.54) is 18.2 Å². The Bertz CT molecular complexity index is 785. The van der Waals surface area contributed by atoms with E-state index < -0.39 is 16.0 Å². The molecule has 7 heteroatoms. The van der Waals surface area contributed by atoms with Crippen molar-refractivity contribution in [3.63, 3.8) is 0 Å². The van der Waals surface area contributed by atoms with Crippen molar-refractivity contribution in [1.82, 2.24) is 0 Å². The number of sulfonamides is 1. The summed E-state index contributed by atoms with van der Waals surface area (Å²) in [7, 11) is -3.84. The summed E-state index contributed by atoms with van der Waals surface area (Å²) in [5.74, 6) is -1.19. The molecule has 0 atom stereocenters. The maximum absolute atomic E-state index is 12.3. The van der Waals surface area contributed by atoms with Gasteiger partial charge >= 0.3 is 5.97 Å². The molecule has 5 nitrogen and oxygen atoms in total. The zero-order chi connectivity index (χ0) is 15.6. The number of carboxylic acids is 1. The number of hydrogen-bond acceptors (Lipinski definition) is 3. The molecule has 0 aliphatic carbocycles. The maximum Gasteiger partial charge on any atom is 0.337 e. The van der Waals surface area contributed by atoms with E-state index >= 15 is 0 Å². The van der Waals surface area contributed by atoms with Crippen molar-refractivity contribution >= 4 is 37.6 Å². The molecular weight excluding hydrogens is 358 g/mol. The highest BCUT2D eigenvalue weighted by Gasteiger charge is 2.19. The summed E-state index contributed by atoms with van der Waals surface area (Å²) in [6, 6.07) is 10.6. The fourth-order valence-electron chi connectivity index (χ4n) is 1.79. The van der Waals surface area contributed by atoms with Crippen molar-refractivity contribution in [2.45, 2.75) is 11.8 Å². The Kier molecular flexibility index (Phi) is 4.34. The van der Waals surface area contributed by atoms with Crippen LogP contribution >= 0.6 is 15.9 Å². The van der Waals surface area contributed by atoms with E-state index in [2.05, 4.69) is 20.7 Å². The number of carboxylic acid groups (broad SMARTS) is 1. The second kappa shape index (κ2) is 5.87. The Labute approximate surface area is 130 Å². The molecule has 2 N–H and O–H groups in total. The average Bonchev–Trinajstić information content (AvgIpc) is 2.41. The number of aryl methyl sites for hydroxylation is 1. The first kappa shape index (κ1) is 15.5. The molecule has 0 heterocycles. The summed E-state index contributed by atoms with van der Waals surface area (Å²) < 4.78 is 27.7. The monoisotopic (exact) mass is 369 g/mol. The molecule has 0 aliphatic heterocycles. The minimum Gasteiger partial charge on any atom is -0.478 e. The predicted molar refractivity (Wildman–Crippen MR) is 83.1 cm³/mol. The molecular formula is C14H12BrNO4S. The van der Waals surface area contributed by atoms with Crippen molar-refractivity contribution in [2.24, 2.45) is 0 Å². The molecule has 0 amide bonds. The largest absolute Gasteiger partial charge is 0.478 e. The van der Waals surface area contributed by atoms with Crippen LogP contribution in [0.1, 0.15) is 15.9 Å². The zero-order valence-electron chi connectivity index (χ0n) is 11.0. The molecule has 0 bridgehead atoms. The Balaban J connectivity index is 2.46. The highest BCUT2D eigenvalue weighted by molar-refractivity contribution is 9.10. The normalized spacial score (nSPS) is 11.1. The van der Waals surface area contributed by atoms with Gasteiger partial charge in [-0.15, -0.1) is 0 Å². The Morgan fingerprint density at radius 1 is 1.14 bits per heavy atom. The van der Waals surface area contributed by atoms with E-state index in [9.17, 15) is 13.2 Å². The third kappa shape index (κ3) is 3.43. The van der Waals surface area contributed by atoms with E-state index in [0.717, 1.165) is 4.47 Å². The molecule has 0 spiro atoms. The van der Waals surface area contributed by atoms with Gasteiger partial charge in [0, 0.05) is 4.47 Å². The van der Waals surface area contributed by atoms with Gasteiger partial charge in [-0.3, -0.25) is 4.72 Å². The first-order valence-corrected chi connectivity index (χ1v) is 8.20. The van der Waals surface area contributed by atoms with Crippen LogP contribution in [0.15, 0.2) is 51.8 Å². The molecule has 0 unspecified atom stereocenters. The van der Waals surface area contributed by atoms with Gasteiger partial charge in [0.1, 0.15) is 0 Å². The summed E-state index contributed by atoms with van der Waals surface area (Å²) in [6.45, 7) is 1.64. The van der Waals surface area contributed by atoms with Crippen molar-refractivity contribution in [3.8, 4) is 0 Å². The number of benzene rings is 2. The minimum atomic E-state index is -3.84. The first-order chi connectivity index (χ1) is 9.81. The molecule has 0 aliphatic rings. The minimum absolute atomic E-state index is 0.0605. The summed E-state index contributed by atoms with van der Waals surface area (Å²) in [5, 5.41) is 9.15. The lowest BCUT2D eigenvalue weighted by atomic mass is 10.1. The SMILES string of the molecule is Cc1cccc(C(=O)O)c1NS(=O)(=O)c1ccc(Br)cc1. The quantitative estimate of drug-likeness (QED) is 0.866. The molecule has 2 aromatic rings. The number of nitrogens with one attached hydrogen (secondary N) is 1. The maximum atomic E-state index is 12.3. The smallest absolute Gasteiger partial charge is 0.337 e. The van der Waals surface area contributed by atoms with E-state index in [1.54, 1.807) is 31.2 Å². The van der Waals surface area contributed by atoms with Crippen LogP contribution in [0.2, 0.25) is 0 Å². The number of anilines is 1. The van der Waals surface area contributed by atoms with E-state index in [4.69, 9.17) is 5.11 Å². The van der Waals surface area contributed by atoms with Crippen LogP contribution in [0.25, 0.3) is 0 Å². The molecule has 21 heavy (non-hydrogen) atoms. The summed E-state index contributed by atoms with van der Waals surface area (Å²) in [4.78, 5) is 11.3. The summed E-state index contributed by atoms with van der Waals surface area (Å²) in [6.07, 6.45) is 0. The molecule has 0 fully saturated rings. The van der Waals surface area contributed by atoms with Crippen molar-refractivity contribution in [2.75, 3.05) is 4.72 Å². The van der Waals surface area contributed by atoms with Crippen LogP contribution in [0.5, 0.6) is 0 Å². The molecule has 2 aromatic carbocycles. The van der Waals surface area contributed by atoms with Crippen LogP contribution in [0.4, 0.5) is 5.69 Å². The van der Waals surface area contributed by atoms with Crippen LogP contribution in [-0.2, 0) is 10.0 Å². The Morgan fingerprint density at radius 3 is 2.33 bits per heavy atom. The van der Waals surface area contributed by atoms with Gasteiger partial charge in [0.25, 0.3) is 10.0 Å². The first-order valence-electron chi connectivity index (χ1n) is 5.92. The number of rotatable bonds is 4. The second-order valence-corrected chi connectivity index (χ2v) is 6.96. The van der Waals surface area contributed by atoms with Gasteiger partial charge in [-0.2, -0.15) is 0 Å². The fraction of sp³-hybridized carbons (Fsp3) is 0.0714.